The molecule has 14 heavy (non-hydrogen) atoms. The van der Waals surface area contributed by atoms with Gasteiger partial charge in [-0.3, -0.25) is 4.79 Å². The van der Waals surface area contributed by atoms with Gasteiger partial charge in [0.15, 0.2) is 5.78 Å². The Morgan fingerprint density at radius 2 is 2.21 bits per heavy atom. The zero-order valence-electron chi connectivity index (χ0n) is 7.29. The number of hydrogen-bond donors (Lipinski definition) is 0. The van der Waals surface area contributed by atoms with Crippen molar-refractivity contribution in [3.63, 3.8) is 0 Å². The van der Waals surface area contributed by atoms with E-state index in [2.05, 4.69) is 37.0 Å². The van der Waals surface area contributed by atoms with E-state index in [1.54, 1.807) is 10.7 Å². The van der Waals surface area contributed by atoms with Crippen molar-refractivity contribution in [2.75, 3.05) is 0 Å². The molecule has 0 aliphatic rings. The van der Waals surface area contributed by atoms with Crippen molar-refractivity contribution in [1.29, 1.82) is 0 Å². The van der Waals surface area contributed by atoms with E-state index in [-0.39, 0.29) is 5.78 Å². The fraction of sp³-hybridized carbons (Fsp3) is 0.111. The molecule has 72 valence electrons. The fourth-order valence-electron chi connectivity index (χ4n) is 1.30. The molecule has 0 fully saturated rings. The standard InChI is InChI=1S/C9H6Br2N2O/c1-5(14)7-3-12-13-4-6(10)2-8(11)9(7)13/h2-4H,1H3. The Labute approximate surface area is 97.4 Å². The van der Waals surface area contributed by atoms with Crippen molar-refractivity contribution in [1.82, 2.24) is 9.61 Å². The first kappa shape index (κ1) is 9.86. The van der Waals surface area contributed by atoms with Gasteiger partial charge in [0.05, 0.1) is 17.3 Å². The van der Waals surface area contributed by atoms with Crippen LogP contribution in [0.2, 0.25) is 0 Å². The Morgan fingerprint density at radius 1 is 1.50 bits per heavy atom. The molecule has 3 nitrogen and oxygen atoms in total. The highest BCUT2D eigenvalue weighted by molar-refractivity contribution is 9.11. The first-order valence-electron chi connectivity index (χ1n) is 3.93. The topological polar surface area (TPSA) is 34.4 Å². The minimum absolute atomic E-state index is 0.0167. The molecule has 0 amide bonds. The average Bonchev–Trinajstić information content (AvgIpc) is 2.47. The Morgan fingerprint density at radius 3 is 2.86 bits per heavy atom. The summed E-state index contributed by atoms with van der Waals surface area (Å²) in [5, 5.41) is 4.10. The third kappa shape index (κ3) is 1.50. The van der Waals surface area contributed by atoms with Crippen LogP contribution in [0.15, 0.2) is 27.4 Å². The van der Waals surface area contributed by atoms with Gasteiger partial charge in [0.25, 0.3) is 0 Å². The maximum atomic E-state index is 11.3. The van der Waals surface area contributed by atoms with Crippen molar-refractivity contribution in [2.45, 2.75) is 6.92 Å². The van der Waals surface area contributed by atoms with Gasteiger partial charge in [-0.05, 0) is 44.8 Å². The van der Waals surface area contributed by atoms with Crippen LogP contribution in [0.5, 0.6) is 0 Å². The highest BCUT2D eigenvalue weighted by Gasteiger charge is 2.11. The number of halogens is 2. The first-order chi connectivity index (χ1) is 6.59. The highest BCUT2D eigenvalue weighted by atomic mass is 79.9. The predicted octanol–water partition coefficient (Wildman–Crippen LogP) is 3.06. The lowest BCUT2D eigenvalue weighted by Crippen LogP contribution is -1.93. The van der Waals surface area contributed by atoms with Gasteiger partial charge in [-0.15, -0.1) is 0 Å². The summed E-state index contributed by atoms with van der Waals surface area (Å²) in [7, 11) is 0. The summed E-state index contributed by atoms with van der Waals surface area (Å²) in [5.74, 6) is 0.0167. The van der Waals surface area contributed by atoms with E-state index < -0.39 is 0 Å². The molecule has 5 heteroatoms. The zero-order chi connectivity index (χ0) is 10.3. The number of carbonyl (C=O) groups is 1. The van der Waals surface area contributed by atoms with Crippen molar-refractivity contribution in [3.8, 4) is 0 Å². The third-order valence-corrected chi connectivity index (χ3v) is 2.95. The van der Waals surface area contributed by atoms with Gasteiger partial charge in [0, 0.05) is 15.1 Å². The van der Waals surface area contributed by atoms with E-state index in [1.165, 1.54) is 6.92 Å². The molecule has 0 aliphatic carbocycles. The normalized spacial score (nSPS) is 10.8. The van der Waals surface area contributed by atoms with E-state index in [9.17, 15) is 4.79 Å². The summed E-state index contributed by atoms with van der Waals surface area (Å²) < 4.78 is 3.44. The van der Waals surface area contributed by atoms with Gasteiger partial charge in [0.1, 0.15) is 0 Å². The third-order valence-electron chi connectivity index (χ3n) is 1.91. The number of nitrogens with zero attached hydrogens (tertiary/aromatic N) is 2. The van der Waals surface area contributed by atoms with Gasteiger partial charge in [0.2, 0.25) is 0 Å². The van der Waals surface area contributed by atoms with Crippen LogP contribution in [-0.4, -0.2) is 15.4 Å². The van der Waals surface area contributed by atoms with Crippen LogP contribution < -0.4 is 0 Å². The Balaban J connectivity index is 2.85. The van der Waals surface area contributed by atoms with Gasteiger partial charge < -0.3 is 0 Å². The number of rotatable bonds is 1. The number of hydrogen-bond acceptors (Lipinski definition) is 2. The SMILES string of the molecule is CC(=O)c1cnn2cc(Br)cc(Br)c12. The van der Waals surface area contributed by atoms with Crippen LogP contribution >= 0.6 is 31.9 Å². The predicted molar refractivity (Wildman–Crippen MR) is 60.6 cm³/mol. The number of carbonyl (C=O) groups excluding carboxylic acids is 1. The smallest absolute Gasteiger partial charge is 0.163 e. The molecule has 0 saturated carbocycles. The maximum Gasteiger partial charge on any atom is 0.163 e. The van der Waals surface area contributed by atoms with Crippen LogP contribution in [0.25, 0.3) is 5.52 Å². The molecule has 0 spiro atoms. The summed E-state index contributed by atoms with van der Waals surface area (Å²) in [5.41, 5.74) is 1.44. The van der Waals surface area contributed by atoms with E-state index in [4.69, 9.17) is 0 Å². The molecule has 2 rings (SSSR count). The fourth-order valence-corrected chi connectivity index (χ4v) is 2.67. The zero-order valence-corrected chi connectivity index (χ0v) is 10.5. The van der Waals surface area contributed by atoms with Crippen LogP contribution in [-0.2, 0) is 0 Å². The van der Waals surface area contributed by atoms with Crippen LogP contribution in [0.4, 0.5) is 0 Å². The van der Waals surface area contributed by atoms with E-state index >= 15 is 0 Å². The number of ketones is 1. The quantitative estimate of drug-likeness (QED) is 0.758. The second kappa shape index (κ2) is 3.47. The minimum Gasteiger partial charge on any atom is -0.294 e. The molecule has 2 heterocycles. The summed E-state index contributed by atoms with van der Waals surface area (Å²) in [6.45, 7) is 1.53. The number of fused-ring (bicyclic) bond motifs is 1. The minimum atomic E-state index is 0.0167. The summed E-state index contributed by atoms with van der Waals surface area (Å²) in [6, 6.07) is 1.89. The summed E-state index contributed by atoms with van der Waals surface area (Å²) in [6.07, 6.45) is 3.39. The molecule has 0 aliphatic heterocycles. The molecule has 0 atom stereocenters. The number of Topliss-reactive ketones (excluding diaryl/α,β-unsaturated/α-hetero) is 1. The highest BCUT2D eigenvalue weighted by Crippen LogP contribution is 2.25. The van der Waals surface area contributed by atoms with Crippen molar-refractivity contribution < 1.29 is 4.79 Å². The number of pyridine rings is 1. The van der Waals surface area contributed by atoms with Gasteiger partial charge in [-0.25, -0.2) is 4.52 Å². The van der Waals surface area contributed by atoms with Crippen molar-refractivity contribution in [3.05, 3.63) is 33.0 Å². The average molecular weight is 318 g/mol. The summed E-state index contributed by atoms with van der Waals surface area (Å²) >= 11 is 6.76. The van der Waals surface area contributed by atoms with Crippen molar-refractivity contribution in [2.24, 2.45) is 0 Å². The Bertz CT molecular complexity index is 519. The molecule has 0 N–H and O–H groups in total. The second-order valence-corrected chi connectivity index (χ2v) is 4.68. The van der Waals surface area contributed by atoms with Gasteiger partial charge in [-0.1, -0.05) is 0 Å². The molecular weight excluding hydrogens is 312 g/mol. The van der Waals surface area contributed by atoms with E-state index in [1.807, 2.05) is 12.3 Å². The molecule has 0 saturated heterocycles. The first-order valence-corrected chi connectivity index (χ1v) is 5.51. The van der Waals surface area contributed by atoms with Crippen molar-refractivity contribution >= 4 is 43.2 Å². The van der Waals surface area contributed by atoms with Crippen LogP contribution in [0.1, 0.15) is 17.3 Å². The summed E-state index contributed by atoms with van der Waals surface area (Å²) in [4.78, 5) is 11.3. The van der Waals surface area contributed by atoms with Crippen LogP contribution in [0, 0.1) is 0 Å². The largest absolute Gasteiger partial charge is 0.294 e. The molecule has 2 aromatic rings. The maximum absolute atomic E-state index is 11.3. The van der Waals surface area contributed by atoms with Gasteiger partial charge >= 0.3 is 0 Å². The Hall–Kier alpha value is -0.680. The van der Waals surface area contributed by atoms with E-state index in [0.29, 0.717) is 5.56 Å². The Kier molecular flexibility index (Phi) is 2.45. The molecule has 0 radical (unpaired) electrons. The lowest BCUT2D eigenvalue weighted by atomic mass is 10.2. The second-order valence-electron chi connectivity index (χ2n) is 2.91. The molecule has 0 bridgehead atoms. The van der Waals surface area contributed by atoms with E-state index in [0.717, 1.165) is 14.5 Å². The molecule has 0 aromatic carbocycles. The lowest BCUT2D eigenvalue weighted by molar-refractivity contribution is 0.101. The molecule has 0 unspecified atom stereocenters. The van der Waals surface area contributed by atoms with Crippen LogP contribution in [0.3, 0.4) is 0 Å². The molecular formula is C9H6Br2N2O. The lowest BCUT2D eigenvalue weighted by Gasteiger charge is -1.99. The van der Waals surface area contributed by atoms with Gasteiger partial charge in [-0.2, -0.15) is 5.10 Å². The monoisotopic (exact) mass is 316 g/mol. The molecule has 2 aromatic heterocycles. The number of aromatic nitrogens is 2.